The number of rotatable bonds is 3. The van der Waals surface area contributed by atoms with E-state index in [1.807, 2.05) is 0 Å². The largest absolute Gasteiger partial charge is 0.573 e. The number of aromatic nitrogens is 2. The first-order valence-corrected chi connectivity index (χ1v) is 6.31. The molecule has 106 valence electrons. The molecule has 0 aliphatic heterocycles. The Hall–Kier alpha value is -1.54. The molecule has 0 saturated carbocycles. The van der Waals surface area contributed by atoms with Gasteiger partial charge in [-0.05, 0) is 35.9 Å². The maximum absolute atomic E-state index is 12.3. The Morgan fingerprint density at radius 2 is 2.00 bits per heavy atom. The minimum absolute atomic E-state index is 0.0228. The van der Waals surface area contributed by atoms with Crippen LogP contribution >= 0.6 is 27.5 Å². The number of benzene rings is 1. The molecule has 0 radical (unpaired) electrons. The van der Waals surface area contributed by atoms with Gasteiger partial charge in [0.1, 0.15) is 5.82 Å². The van der Waals surface area contributed by atoms with E-state index in [2.05, 4.69) is 36.0 Å². The van der Waals surface area contributed by atoms with E-state index in [4.69, 9.17) is 11.6 Å². The average Bonchev–Trinajstić information content (AvgIpc) is 2.31. The fourth-order valence-corrected chi connectivity index (χ4v) is 1.84. The number of halogens is 5. The Bertz CT molecular complexity index is 624. The highest BCUT2D eigenvalue weighted by molar-refractivity contribution is 9.10. The lowest BCUT2D eigenvalue weighted by Gasteiger charge is -2.14. The molecule has 0 bridgehead atoms. The van der Waals surface area contributed by atoms with Crippen molar-refractivity contribution in [1.82, 2.24) is 9.97 Å². The van der Waals surface area contributed by atoms with Gasteiger partial charge in [-0.25, -0.2) is 9.97 Å². The molecule has 0 aliphatic carbocycles. The minimum atomic E-state index is -4.79. The quantitative estimate of drug-likeness (QED) is 0.808. The van der Waals surface area contributed by atoms with Crippen LogP contribution in [-0.4, -0.2) is 16.3 Å². The molecular formula is C11H6BrClF3N3O. The van der Waals surface area contributed by atoms with E-state index in [9.17, 15) is 13.2 Å². The highest BCUT2D eigenvalue weighted by Gasteiger charge is 2.32. The number of alkyl halides is 3. The molecule has 2 rings (SSSR count). The van der Waals surface area contributed by atoms with Crippen LogP contribution in [0.5, 0.6) is 5.75 Å². The smallest absolute Gasteiger partial charge is 0.404 e. The first-order valence-electron chi connectivity index (χ1n) is 5.14. The van der Waals surface area contributed by atoms with Crippen LogP contribution in [-0.2, 0) is 0 Å². The number of nitrogens with zero attached hydrogens (tertiary/aromatic N) is 2. The lowest BCUT2D eigenvalue weighted by Crippen LogP contribution is -2.18. The summed E-state index contributed by atoms with van der Waals surface area (Å²) in [6.07, 6.45) is -3.42. The molecule has 9 heteroatoms. The lowest BCUT2D eigenvalue weighted by molar-refractivity contribution is -0.274. The number of hydrogen-bond acceptors (Lipinski definition) is 4. The molecule has 0 amide bonds. The number of anilines is 2. The maximum atomic E-state index is 12.3. The monoisotopic (exact) mass is 367 g/mol. The lowest BCUT2D eigenvalue weighted by atomic mass is 10.3. The molecule has 0 spiro atoms. The van der Waals surface area contributed by atoms with E-state index in [1.165, 1.54) is 24.4 Å². The molecule has 0 unspecified atom stereocenters. The molecular weight excluding hydrogens is 362 g/mol. The second kappa shape index (κ2) is 5.84. The van der Waals surface area contributed by atoms with Crippen LogP contribution in [0.2, 0.25) is 5.28 Å². The van der Waals surface area contributed by atoms with Crippen molar-refractivity contribution in [2.45, 2.75) is 6.36 Å². The van der Waals surface area contributed by atoms with Gasteiger partial charge < -0.3 is 10.1 Å². The summed E-state index contributed by atoms with van der Waals surface area (Å²) in [5, 5.41) is 2.66. The molecule has 1 aromatic heterocycles. The Kier molecular flexibility index (Phi) is 4.34. The molecule has 0 fully saturated rings. The second-order valence-corrected chi connectivity index (χ2v) is 4.78. The van der Waals surface area contributed by atoms with Crippen molar-refractivity contribution >= 4 is 39.0 Å². The van der Waals surface area contributed by atoms with E-state index in [1.54, 1.807) is 6.07 Å². The van der Waals surface area contributed by atoms with Crippen molar-refractivity contribution < 1.29 is 17.9 Å². The van der Waals surface area contributed by atoms with E-state index in [0.29, 0.717) is 4.47 Å². The van der Waals surface area contributed by atoms with Crippen LogP contribution in [0.4, 0.5) is 24.7 Å². The van der Waals surface area contributed by atoms with E-state index < -0.39 is 6.36 Å². The molecule has 4 nitrogen and oxygen atoms in total. The van der Waals surface area contributed by atoms with Gasteiger partial charge in [-0.1, -0.05) is 15.9 Å². The van der Waals surface area contributed by atoms with E-state index >= 15 is 0 Å². The van der Waals surface area contributed by atoms with Crippen LogP contribution in [0.1, 0.15) is 0 Å². The van der Waals surface area contributed by atoms with E-state index in [-0.39, 0.29) is 22.5 Å². The third-order valence-electron chi connectivity index (χ3n) is 2.06. The Labute approximate surface area is 125 Å². The number of ether oxygens (including phenoxy) is 1. The van der Waals surface area contributed by atoms with Crippen molar-refractivity contribution in [3.05, 3.63) is 40.2 Å². The van der Waals surface area contributed by atoms with Crippen molar-refractivity contribution in [3.63, 3.8) is 0 Å². The first kappa shape index (κ1) is 14.9. The van der Waals surface area contributed by atoms with Gasteiger partial charge in [0.05, 0.1) is 5.69 Å². The van der Waals surface area contributed by atoms with Gasteiger partial charge in [-0.2, -0.15) is 0 Å². The summed E-state index contributed by atoms with van der Waals surface area (Å²) < 4.78 is 41.4. The SMILES string of the molecule is FC(F)(F)Oc1cc(Br)ccc1Nc1ccnc(Cl)n1. The van der Waals surface area contributed by atoms with Crippen LogP contribution in [0.25, 0.3) is 0 Å². The van der Waals surface area contributed by atoms with Crippen LogP contribution < -0.4 is 10.1 Å². The third kappa shape index (κ3) is 4.24. The zero-order valence-electron chi connectivity index (χ0n) is 9.58. The molecule has 20 heavy (non-hydrogen) atoms. The highest BCUT2D eigenvalue weighted by atomic mass is 79.9. The summed E-state index contributed by atoms with van der Waals surface area (Å²) in [6.45, 7) is 0. The summed E-state index contributed by atoms with van der Waals surface area (Å²) >= 11 is 8.68. The van der Waals surface area contributed by atoms with Crippen LogP contribution in [0, 0.1) is 0 Å². The third-order valence-corrected chi connectivity index (χ3v) is 2.73. The number of nitrogens with one attached hydrogen (secondary N) is 1. The van der Waals surface area contributed by atoms with Crippen molar-refractivity contribution in [1.29, 1.82) is 0 Å². The summed E-state index contributed by atoms with van der Waals surface area (Å²) in [5.74, 6) is -0.138. The normalized spacial score (nSPS) is 11.2. The van der Waals surface area contributed by atoms with Gasteiger partial charge in [-0.15, -0.1) is 13.2 Å². The van der Waals surface area contributed by atoms with Crippen LogP contribution in [0.15, 0.2) is 34.9 Å². The standard InChI is InChI=1S/C11H6BrClF3N3O/c12-6-1-2-7(8(5-6)20-11(14,15)16)18-9-3-4-17-10(13)19-9/h1-5H,(H,17,18,19). The maximum Gasteiger partial charge on any atom is 0.573 e. The van der Waals surface area contributed by atoms with Gasteiger partial charge in [-0.3, -0.25) is 0 Å². The van der Waals surface area contributed by atoms with Gasteiger partial charge in [0.15, 0.2) is 5.75 Å². The molecule has 0 aliphatic rings. The predicted molar refractivity (Wildman–Crippen MR) is 71.1 cm³/mol. The summed E-state index contributed by atoms with van der Waals surface area (Å²) in [7, 11) is 0. The summed E-state index contributed by atoms with van der Waals surface area (Å²) in [5.41, 5.74) is 0.0975. The van der Waals surface area contributed by atoms with Gasteiger partial charge in [0.25, 0.3) is 0 Å². The Balaban J connectivity index is 2.31. The topological polar surface area (TPSA) is 47.0 Å². The molecule has 1 N–H and O–H groups in total. The summed E-state index contributed by atoms with van der Waals surface area (Å²) in [4.78, 5) is 7.50. The van der Waals surface area contributed by atoms with Crippen molar-refractivity contribution in [2.75, 3.05) is 5.32 Å². The highest BCUT2D eigenvalue weighted by Crippen LogP contribution is 2.34. The van der Waals surface area contributed by atoms with Gasteiger partial charge in [0, 0.05) is 10.7 Å². The average molecular weight is 369 g/mol. The zero-order valence-corrected chi connectivity index (χ0v) is 11.9. The van der Waals surface area contributed by atoms with Gasteiger partial charge >= 0.3 is 6.36 Å². The fraction of sp³-hybridized carbons (Fsp3) is 0.0909. The first-order chi connectivity index (χ1) is 9.33. The van der Waals surface area contributed by atoms with Gasteiger partial charge in [0.2, 0.25) is 5.28 Å². The fourth-order valence-electron chi connectivity index (χ4n) is 1.35. The molecule has 1 heterocycles. The zero-order chi connectivity index (χ0) is 14.8. The van der Waals surface area contributed by atoms with Crippen molar-refractivity contribution in [2.24, 2.45) is 0 Å². The molecule has 1 aromatic carbocycles. The molecule has 0 atom stereocenters. The van der Waals surface area contributed by atoms with E-state index in [0.717, 1.165) is 0 Å². The second-order valence-electron chi connectivity index (χ2n) is 3.52. The number of hydrogen-bond donors (Lipinski definition) is 1. The Morgan fingerprint density at radius 1 is 1.25 bits per heavy atom. The molecule has 2 aromatic rings. The van der Waals surface area contributed by atoms with Crippen LogP contribution in [0.3, 0.4) is 0 Å². The Morgan fingerprint density at radius 3 is 2.65 bits per heavy atom. The molecule has 0 saturated heterocycles. The predicted octanol–water partition coefficient (Wildman–Crippen LogP) is 4.53. The van der Waals surface area contributed by atoms with Crippen molar-refractivity contribution in [3.8, 4) is 5.75 Å². The summed E-state index contributed by atoms with van der Waals surface area (Å²) in [6, 6.07) is 5.64. The minimum Gasteiger partial charge on any atom is -0.404 e.